The van der Waals surface area contributed by atoms with Crippen LogP contribution in [-0.2, 0) is 11.4 Å². The Kier molecular flexibility index (Phi) is 2.97. The van der Waals surface area contributed by atoms with Crippen LogP contribution in [-0.4, -0.2) is 11.0 Å². The third-order valence-corrected chi connectivity index (χ3v) is 1.56. The molecule has 2 N–H and O–H groups in total. The molecule has 0 radical (unpaired) electrons. The molecule has 0 aliphatic rings. The largest absolute Gasteiger partial charge is 0.392 e. The lowest BCUT2D eigenvalue weighted by Gasteiger charge is -2.05. The fourth-order valence-corrected chi connectivity index (χ4v) is 0.988. The molecule has 0 aromatic heterocycles. The van der Waals surface area contributed by atoms with Gasteiger partial charge in [0.25, 0.3) is 0 Å². The summed E-state index contributed by atoms with van der Waals surface area (Å²) in [5, 5.41) is 11.0. The highest BCUT2D eigenvalue weighted by Gasteiger charge is 2.07. The van der Waals surface area contributed by atoms with Gasteiger partial charge in [0, 0.05) is 12.5 Å². The molecule has 1 aromatic carbocycles. The second-order valence-electron chi connectivity index (χ2n) is 2.62. The first-order valence-electron chi connectivity index (χ1n) is 3.81. The lowest BCUT2D eigenvalue weighted by atomic mass is 10.2. The Morgan fingerprint density at radius 2 is 2.31 bits per heavy atom. The number of aliphatic hydroxyl groups is 1. The standard InChI is InChI=1S/C9H10FNO2/c1-6(13)11-8-4-2-3-7(5-12)9(8)10/h2-4,12H,5H2,1H3,(H,11,13). The van der Waals surface area contributed by atoms with Crippen molar-refractivity contribution >= 4 is 11.6 Å². The maximum Gasteiger partial charge on any atom is 0.221 e. The quantitative estimate of drug-likeness (QED) is 0.725. The minimum Gasteiger partial charge on any atom is -0.392 e. The molecule has 0 heterocycles. The minimum absolute atomic E-state index is 0.0963. The van der Waals surface area contributed by atoms with E-state index >= 15 is 0 Å². The molecule has 0 saturated carbocycles. The topological polar surface area (TPSA) is 49.3 Å². The van der Waals surface area contributed by atoms with Gasteiger partial charge in [0.05, 0.1) is 12.3 Å². The average molecular weight is 183 g/mol. The fourth-order valence-electron chi connectivity index (χ4n) is 0.988. The molecule has 0 aliphatic heterocycles. The molecular formula is C9H10FNO2. The Bertz CT molecular complexity index is 325. The van der Waals surface area contributed by atoms with Gasteiger partial charge >= 0.3 is 0 Å². The number of benzene rings is 1. The molecule has 1 amide bonds. The maximum absolute atomic E-state index is 13.3. The highest BCUT2D eigenvalue weighted by atomic mass is 19.1. The van der Waals surface area contributed by atoms with E-state index in [1.807, 2.05) is 0 Å². The Hall–Kier alpha value is -1.42. The summed E-state index contributed by atoms with van der Waals surface area (Å²) in [6.45, 7) is 0.921. The number of carbonyl (C=O) groups excluding carboxylic acids is 1. The third kappa shape index (κ3) is 2.26. The van der Waals surface area contributed by atoms with E-state index < -0.39 is 5.82 Å². The van der Waals surface area contributed by atoms with Crippen LogP contribution < -0.4 is 5.32 Å². The van der Waals surface area contributed by atoms with Crippen LogP contribution in [0.25, 0.3) is 0 Å². The summed E-state index contributed by atoms with van der Waals surface area (Å²) in [5.41, 5.74) is 0.269. The van der Waals surface area contributed by atoms with Gasteiger partial charge in [0.1, 0.15) is 0 Å². The summed E-state index contributed by atoms with van der Waals surface area (Å²) in [6, 6.07) is 4.47. The number of hydrogen-bond donors (Lipinski definition) is 2. The zero-order valence-electron chi connectivity index (χ0n) is 7.17. The van der Waals surface area contributed by atoms with Crippen molar-refractivity contribution in [3.8, 4) is 0 Å². The van der Waals surface area contributed by atoms with Gasteiger partial charge in [-0.2, -0.15) is 0 Å². The van der Waals surface area contributed by atoms with Crippen molar-refractivity contribution in [2.24, 2.45) is 0 Å². The molecule has 70 valence electrons. The van der Waals surface area contributed by atoms with Crippen LogP contribution >= 0.6 is 0 Å². The highest BCUT2D eigenvalue weighted by Crippen LogP contribution is 2.17. The molecule has 3 nitrogen and oxygen atoms in total. The van der Waals surface area contributed by atoms with Crippen molar-refractivity contribution in [3.63, 3.8) is 0 Å². The van der Waals surface area contributed by atoms with Gasteiger partial charge in [-0.25, -0.2) is 4.39 Å². The van der Waals surface area contributed by atoms with Gasteiger partial charge in [-0.3, -0.25) is 4.79 Å². The number of amides is 1. The van der Waals surface area contributed by atoms with E-state index in [9.17, 15) is 9.18 Å². The van der Waals surface area contributed by atoms with Crippen molar-refractivity contribution in [3.05, 3.63) is 29.6 Å². The number of hydrogen-bond acceptors (Lipinski definition) is 2. The Balaban J connectivity index is 3.01. The predicted octanol–water partition coefficient (Wildman–Crippen LogP) is 1.28. The van der Waals surface area contributed by atoms with E-state index in [1.165, 1.54) is 19.1 Å². The van der Waals surface area contributed by atoms with E-state index in [0.717, 1.165) is 0 Å². The Labute approximate surface area is 75.2 Å². The fraction of sp³-hybridized carbons (Fsp3) is 0.222. The first kappa shape index (κ1) is 9.67. The molecular weight excluding hydrogens is 173 g/mol. The molecule has 0 bridgehead atoms. The molecule has 0 unspecified atom stereocenters. The van der Waals surface area contributed by atoms with Crippen LogP contribution in [0, 0.1) is 5.82 Å². The van der Waals surface area contributed by atoms with Crippen molar-refractivity contribution in [2.45, 2.75) is 13.5 Å². The van der Waals surface area contributed by atoms with E-state index in [-0.39, 0.29) is 23.8 Å². The van der Waals surface area contributed by atoms with Crippen LogP contribution in [0.1, 0.15) is 12.5 Å². The normalized spacial score (nSPS) is 9.77. The zero-order chi connectivity index (χ0) is 9.84. The maximum atomic E-state index is 13.3. The van der Waals surface area contributed by atoms with E-state index in [4.69, 9.17) is 5.11 Å². The van der Waals surface area contributed by atoms with E-state index in [2.05, 4.69) is 5.32 Å². The van der Waals surface area contributed by atoms with Crippen LogP contribution in [0.3, 0.4) is 0 Å². The molecule has 13 heavy (non-hydrogen) atoms. The summed E-state index contributed by atoms with van der Waals surface area (Å²) < 4.78 is 13.3. The summed E-state index contributed by atoms with van der Waals surface area (Å²) in [6.07, 6.45) is 0. The molecule has 4 heteroatoms. The molecule has 0 saturated heterocycles. The van der Waals surface area contributed by atoms with Gasteiger partial charge in [-0.1, -0.05) is 12.1 Å². The van der Waals surface area contributed by atoms with Gasteiger partial charge < -0.3 is 10.4 Å². The van der Waals surface area contributed by atoms with Crippen molar-refractivity contribution in [1.29, 1.82) is 0 Å². The Morgan fingerprint density at radius 1 is 1.62 bits per heavy atom. The molecule has 0 aliphatic carbocycles. The van der Waals surface area contributed by atoms with Crippen LogP contribution in [0.5, 0.6) is 0 Å². The minimum atomic E-state index is -0.583. The average Bonchev–Trinajstić information content (AvgIpc) is 2.08. The molecule has 1 rings (SSSR count). The van der Waals surface area contributed by atoms with Crippen molar-refractivity contribution < 1.29 is 14.3 Å². The van der Waals surface area contributed by atoms with Crippen molar-refractivity contribution in [2.75, 3.05) is 5.32 Å². The van der Waals surface area contributed by atoms with Crippen LogP contribution in [0.2, 0.25) is 0 Å². The van der Waals surface area contributed by atoms with Gasteiger partial charge in [-0.05, 0) is 6.07 Å². The lowest BCUT2D eigenvalue weighted by molar-refractivity contribution is -0.114. The second-order valence-corrected chi connectivity index (χ2v) is 2.62. The van der Waals surface area contributed by atoms with Crippen LogP contribution in [0.15, 0.2) is 18.2 Å². The molecule has 1 aromatic rings. The number of halogens is 1. The number of anilines is 1. The molecule has 0 fully saturated rings. The summed E-state index contributed by atoms with van der Waals surface area (Å²) in [4.78, 5) is 10.6. The summed E-state index contributed by atoms with van der Waals surface area (Å²) >= 11 is 0. The highest BCUT2D eigenvalue weighted by molar-refractivity contribution is 5.88. The Morgan fingerprint density at radius 3 is 2.85 bits per heavy atom. The number of aliphatic hydroxyl groups excluding tert-OH is 1. The van der Waals surface area contributed by atoms with Crippen LogP contribution in [0.4, 0.5) is 10.1 Å². The first-order chi connectivity index (χ1) is 6.15. The van der Waals surface area contributed by atoms with E-state index in [1.54, 1.807) is 6.07 Å². The van der Waals surface area contributed by atoms with Gasteiger partial charge in [-0.15, -0.1) is 0 Å². The monoisotopic (exact) mass is 183 g/mol. The summed E-state index contributed by atoms with van der Waals surface area (Å²) in [7, 11) is 0. The van der Waals surface area contributed by atoms with E-state index in [0.29, 0.717) is 0 Å². The summed E-state index contributed by atoms with van der Waals surface area (Å²) in [5.74, 6) is -0.922. The molecule has 0 atom stereocenters. The first-order valence-corrected chi connectivity index (χ1v) is 3.81. The number of nitrogens with one attached hydrogen (secondary N) is 1. The molecule has 0 spiro atoms. The van der Waals surface area contributed by atoms with Gasteiger partial charge in [0.15, 0.2) is 5.82 Å². The lowest BCUT2D eigenvalue weighted by Crippen LogP contribution is -2.08. The van der Waals surface area contributed by atoms with Gasteiger partial charge in [0.2, 0.25) is 5.91 Å². The SMILES string of the molecule is CC(=O)Nc1cccc(CO)c1F. The number of carbonyl (C=O) groups is 1. The smallest absolute Gasteiger partial charge is 0.221 e. The zero-order valence-corrected chi connectivity index (χ0v) is 7.17. The second kappa shape index (κ2) is 4.00. The third-order valence-electron chi connectivity index (χ3n) is 1.56. The van der Waals surface area contributed by atoms with Crippen molar-refractivity contribution in [1.82, 2.24) is 0 Å². The number of rotatable bonds is 2. The predicted molar refractivity (Wildman–Crippen MR) is 46.6 cm³/mol.